The summed E-state index contributed by atoms with van der Waals surface area (Å²) >= 11 is 3.30. The molecule has 72 valence electrons. The van der Waals surface area contributed by atoms with Crippen LogP contribution in [0.1, 0.15) is 17.2 Å². The predicted molar refractivity (Wildman–Crippen MR) is 54.1 cm³/mol. The van der Waals surface area contributed by atoms with Gasteiger partial charge in [0, 0.05) is 4.47 Å². The molecule has 1 atom stereocenters. The van der Waals surface area contributed by atoms with Crippen LogP contribution in [-0.2, 0) is 6.61 Å². The zero-order valence-corrected chi connectivity index (χ0v) is 8.66. The average molecular weight is 246 g/mol. The lowest BCUT2D eigenvalue weighted by Crippen LogP contribution is -2.16. The van der Waals surface area contributed by atoms with Crippen LogP contribution in [0.2, 0.25) is 0 Å². The van der Waals surface area contributed by atoms with Crippen LogP contribution in [-0.4, -0.2) is 16.8 Å². The van der Waals surface area contributed by atoms with E-state index in [2.05, 4.69) is 15.9 Å². The van der Waals surface area contributed by atoms with Crippen molar-refractivity contribution in [2.24, 2.45) is 5.73 Å². The molecule has 0 amide bonds. The van der Waals surface area contributed by atoms with Crippen molar-refractivity contribution in [2.75, 3.05) is 6.61 Å². The molecule has 0 aromatic heterocycles. The van der Waals surface area contributed by atoms with Crippen molar-refractivity contribution < 1.29 is 10.2 Å². The fourth-order valence-corrected chi connectivity index (χ4v) is 1.53. The van der Waals surface area contributed by atoms with Gasteiger partial charge < -0.3 is 15.9 Å². The number of aliphatic hydroxyl groups is 2. The van der Waals surface area contributed by atoms with Gasteiger partial charge in [-0.3, -0.25) is 0 Å². The molecule has 3 nitrogen and oxygen atoms in total. The average Bonchev–Trinajstić information content (AvgIpc) is 2.16. The molecule has 0 aliphatic carbocycles. The molecule has 0 fully saturated rings. The first kappa shape index (κ1) is 10.7. The van der Waals surface area contributed by atoms with Crippen LogP contribution < -0.4 is 5.73 Å². The van der Waals surface area contributed by atoms with Gasteiger partial charge in [-0.2, -0.15) is 0 Å². The summed E-state index contributed by atoms with van der Waals surface area (Å²) in [5.41, 5.74) is 7.19. The molecule has 0 saturated carbocycles. The van der Waals surface area contributed by atoms with E-state index in [0.29, 0.717) is 0 Å². The fourth-order valence-electron chi connectivity index (χ4n) is 1.15. The molecule has 1 rings (SSSR count). The predicted octanol–water partition coefficient (Wildman–Crippen LogP) is 0.933. The Labute approximate surface area is 85.3 Å². The highest BCUT2D eigenvalue weighted by Gasteiger charge is 2.09. The highest BCUT2D eigenvalue weighted by atomic mass is 79.9. The van der Waals surface area contributed by atoms with Gasteiger partial charge in [0.25, 0.3) is 0 Å². The largest absolute Gasteiger partial charge is 0.394 e. The Hall–Kier alpha value is -0.420. The number of nitrogens with two attached hydrogens (primary N) is 1. The third-order valence-corrected chi connectivity index (χ3v) is 2.37. The molecular weight excluding hydrogens is 234 g/mol. The maximum Gasteiger partial charge on any atom is 0.0685 e. The van der Waals surface area contributed by atoms with Gasteiger partial charge in [0.15, 0.2) is 0 Å². The minimum absolute atomic E-state index is 0.0592. The lowest BCUT2D eigenvalue weighted by atomic mass is 10.0. The molecule has 0 aliphatic rings. The zero-order valence-electron chi connectivity index (χ0n) is 7.07. The van der Waals surface area contributed by atoms with Crippen LogP contribution in [0.4, 0.5) is 0 Å². The van der Waals surface area contributed by atoms with E-state index in [4.69, 9.17) is 15.9 Å². The number of halogens is 1. The molecule has 4 N–H and O–H groups in total. The Kier molecular flexibility index (Phi) is 3.87. The van der Waals surface area contributed by atoms with Gasteiger partial charge in [-0.1, -0.05) is 22.0 Å². The van der Waals surface area contributed by atoms with E-state index in [1.165, 1.54) is 0 Å². The Bertz CT molecular complexity index is 291. The van der Waals surface area contributed by atoms with E-state index >= 15 is 0 Å². The molecule has 1 aromatic rings. The van der Waals surface area contributed by atoms with Gasteiger partial charge >= 0.3 is 0 Å². The Morgan fingerprint density at radius 2 is 2.08 bits per heavy atom. The van der Waals surface area contributed by atoms with Crippen LogP contribution in [0.25, 0.3) is 0 Å². The summed E-state index contributed by atoms with van der Waals surface area (Å²) in [6.07, 6.45) is 0. The van der Waals surface area contributed by atoms with Gasteiger partial charge in [-0.05, 0) is 23.3 Å². The van der Waals surface area contributed by atoms with E-state index in [0.717, 1.165) is 15.6 Å². The molecule has 0 saturated heterocycles. The van der Waals surface area contributed by atoms with Crippen LogP contribution in [0.3, 0.4) is 0 Å². The summed E-state index contributed by atoms with van der Waals surface area (Å²) in [5.74, 6) is 0. The van der Waals surface area contributed by atoms with Crippen molar-refractivity contribution in [3.05, 3.63) is 33.8 Å². The van der Waals surface area contributed by atoms with E-state index < -0.39 is 6.04 Å². The summed E-state index contributed by atoms with van der Waals surface area (Å²) in [6.45, 7) is -0.181. The smallest absolute Gasteiger partial charge is 0.0685 e. The molecular formula is C9H12BrNO2. The molecule has 0 spiro atoms. The standard InChI is InChI=1S/C9H12BrNO2/c10-7-2-1-6(4-12)8(3-7)9(11)5-13/h1-3,9,12-13H,4-5,11H2. The second-order valence-corrected chi connectivity index (χ2v) is 3.71. The van der Waals surface area contributed by atoms with Gasteiger partial charge in [-0.15, -0.1) is 0 Å². The van der Waals surface area contributed by atoms with Crippen LogP contribution in [0, 0.1) is 0 Å². The van der Waals surface area contributed by atoms with Gasteiger partial charge in [-0.25, -0.2) is 0 Å². The Morgan fingerprint density at radius 1 is 1.38 bits per heavy atom. The van der Waals surface area contributed by atoms with Crippen LogP contribution >= 0.6 is 15.9 Å². The minimum atomic E-state index is -0.431. The van der Waals surface area contributed by atoms with Gasteiger partial charge in [0.2, 0.25) is 0 Å². The summed E-state index contributed by atoms with van der Waals surface area (Å²) in [7, 11) is 0. The van der Waals surface area contributed by atoms with Crippen LogP contribution in [0.5, 0.6) is 0 Å². The number of rotatable bonds is 3. The first-order valence-electron chi connectivity index (χ1n) is 3.94. The summed E-state index contributed by atoms with van der Waals surface area (Å²) in [4.78, 5) is 0. The molecule has 0 radical (unpaired) electrons. The lowest BCUT2D eigenvalue weighted by molar-refractivity contribution is 0.259. The highest BCUT2D eigenvalue weighted by Crippen LogP contribution is 2.21. The molecule has 0 aliphatic heterocycles. The molecule has 1 unspecified atom stereocenters. The Morgan fingerprint density at radius 3 is 2.62 bits per heavy atom. The van der Waals surface area contributed by atoms with E-state index in [1.54, 1.807) is 6.07 Å². The molecule has 4 heteroatoms. The van der Waals surface area contributed by atoms with Crippen LogP contribution in [0.15, 0.2) is 22.7 Å². The second-order valence-electron chi connectivity index (χ2n) is 2.79. The first-order chi connectivity index (χ1) is 6.19. The third kappa shape index (κ3) is 2.51. The highest BCUT2D eigenvalue weighted by molar-refractivity contribution is 9.10. The van der Waals surface area contributed by atoms with Crippen molar-refractivity contribution in [1.82, 2.24) is 0 Å². The fraction of sp³-hybridized carbons (Fsp3) is 0.333. The molecule has 0 bridgehead atoms. The minimum Gasteiger partial charge on any atom is -0.394 e. The summed E-state index contributed by atoms with van der Waals surface area (Å²) in [5, 5.41) is 17.9. The Balaban J connectivity index is 3.07. The van der Waals surface area contributed by atoms with Gasteiger partial charge in [0.05, 0.1) is 19.3 Å². The van der Waals surface area contributed by atoms with Crippen molar-refractivity contribution >= 4 is 15.9 Å². The number of hydrogen-bond acceptors (Lipinski definition) is 3. The normalized spacial score (nSPS) is 12.9. The number of aliphatic hydroxyl groups excluding tert-OH is 2. The van der Waals surface area contributed by atoms with E-state index in [1.807, 2.05) is 12.1 Å². The quantitative estimate of drug-likeness (QED) is 0.743. The van der Waals surface area contributed by atoms with Crippen molar-refractivity contribution in [1.29, 1.82) is 0 Å². The third-order valence-electron chi connectivity index (χ3n) is 1.87. The maximum atomic E-state index is 9.00. The topological polar surface area (TPSA) is 66.5 Å². The summed E-state index contributed by atoms with van der Waals surface area (Å²) in [6, 6.07) is 5.00. The molecule has 13 heavy (non-hydrogen) atoms. The number of benzene rings is 1. The molecule has 0 heterocycles. The van der Waals surface area contributed by atoms with Crippen molar-refractivity contribution in [3.63, 3.8) is 0 Å². The monoisotopic (exact) mass is 245 g/mol. The zero-order chi connectivity index (χ0) is 9.84. The second kappa shape index (κ2) is 4.72. The van der Waals surface area contributed by atoms with Crippen molar-refractivity contribution in [3.8, 4) is 0 Å². The molecule has 1 aromatic carbocycles. The number of hydrogen-bond donors (Lipinski definition) is 3. The SMILES string of the molecule is NC(CO)c1cc(Br)ccc1CO. The lowest BCUT2D eigenvalue weighted by Gasteiger charge is -2.13. The summed E-state index contributed by atoms with van der Waals surface area (Å²) < 4.78 is 0.892. The maximum absolute atomic E-state index is 9.00. The van der Waals surface area contributed by atoms with Crippen molar-refractivity contribution in [2.45, 2.75) is 12.6 Å². The van der Waals surface area contributed by atoms with Gasteiger partial charge in [0.1, 0.15) is 0 Å². The first-order valence-corrected chi connectivity index (χ1v) is 4.74. The van der Waals surface area contributed by atoms with E-state index in [-0.39, 0.29) is 13.2 Å². The van der Waals surface area contributed by atoms with E-state index in [9.17, 15) is 0 Å².